The summed E-state index contributed by atoms with van der Waals surface area (Å²) in [6.07, 6.45) is 0.510. The SMILES string of the molecule is CCC(C)N(CC(=O)O)C(=O)c1cc(F)ccc1F. The quantitative estimate of drug-likeness (QED) is 0.893. The molecule has 1 N–H and O–H groups in total. The van der Waals surface area contributed by atoms with E-state index < -0.39 is 35.6 Å². The predicted octanol–water partition coefficient (Wildman–Crippen LogP) is 2.29. The van der Waals surface area contributed by atoms with E-state index in [9.17, 15) is 18.4 Å². The second kappa shape index (κ2) is 6.26. The number of carbonyl (C=O) groups is 2. The summed E-state index contributed by atoms with van der Waals surface area (Å²) in [4.78, 5) is 23.9. The van der Waals surface area contributed by atoms with Crippen molar-refractivity contribution in [3.05, 3.63) is 35.4 Å². The van der Waals surface area contributed by atoms with Gasteiger partial charge in [-0.25, -0.2) is 8.78 Å². The normalized spacial score (nSPS) is 12.0. The number of carboxylic acid groups (broad SMARTS) is 1. The molecule has 1 rings (SSSR count). The maximum Gasteiger partial charge on any atom is 0.323 e. The smallest absolute Gasteiger partial charge is 0.323 e. The van der Waals surface area contributed by atoms with E-state index >= 15 is 0 Å². The van der Waals surface area contributed by atoms with Crippen molar-refractivity contribution in [2.24, 2.45) is 0 Å². The van der Waals surface area contributed by atoms with Crippen LogP contribution in [0.1, 0.15) is 30.6 Å². The largest absolute Gasteiger partial charge is 0.480 e. The van der Waals surface area contributed by atoms with Crippen molar-refractivity contribution in [1.82, 2.24) is 4.90 Å². The molecule has 0 saturated carbocycles. The maximum atomic E-state index is 13.5. The number of carbonyl (C=O) groups excluding carboxylic acids is 1. The average Bonchev–Trinajstić information content (AvgIpc) is 2.37. The van der Waals surface area contributed by atoms with E-state index in [0.29, 0.717) is 6.42 Å². The minimum atomic E-state index is -1.20. The molecule has 1 aromatic carbocycles. The topological polar surface area (TPSA) is 57.6 Å². The molecule has 0 aromatic heterocycles. The van der Waals surface area contributed by atoms with Gasteiger partial charge in [0.1, 0.15) is 18.2 Å². The minimum absolute atomic E-state index is 0.383. The zero-order valence-electron chi connectivity index (χ0n) is 10.7. The molecule has 0 saturated heterocycles. The maximum absolute atomic E-state index is 13.5. The Hall–Kier alpha value is -1.98. The van der Waals surface area contributed by atoms with Crippen LogP contribution in [-0.4, -0.2) is 34.5 Å². The number of halogens is 2. The highest BCUT2D eigenvalue weighted by atomic mass is 19.1. The third-order valence-electron chi connectivity index (χ3n) is 2.85. The van der Waals surface area contributed by atoms with Gasteiger partial charge >= 0.3 is 5.97 Å². The van der Waals surface area contributed by atoms with Crippen molar-refractivity contribution < 1.29 is 23.5 Å². The Morgan fingerprint density at radius 3 is 2.53 bits per heavy atom. The highest BCUT2D eigenvalue weighted by molar-refractivity contribution is 5.96. The van der Waals surface area contributed by atoms with Crippen molar-refractivity contribution in [2.75, 3.05) is 6.54 Å². The molecule has 19 heavy (non-hydrogen) atoms. The van der Waals surface area contributed by atoms with Gasteiger partial charge in [0.05, 0.1) is 5.56 Å². The van der Waals surface area contributed by atoms with Crippen molar-refractivity contribution in [2.45, 2.75) is 26.3 Å². The van der Waals surface area contributed by atoms with Gasteiger partial charge in [-0.05, 0) is 31.5 Å². The molecule has 1 atom stereocenters. The Labute approximate surface area is 109 Å². The first-order valence-electron chi connectivity index (χ1n) is 5.84. The van der Waals surface area contributed by atoms with Crippen LogP contribution in [0.3, 0.4) is 0 Å². The third kappa shape index (κ3) is 3.74. The fourth-order valence-electron chi connectivity index (χ4n) is 1.61. The lowest BCUT2D eigenvalue weighted by atomic mass is 10.1. The summed E-state index contributed by atoms with van der Waals surface area (Å²) >= 11 is 0. The van der Waals surface area contributed by atoms with E-state index in [1.54, 1.807) is 13.8 Å². The molecule has 6 heteroatoms. The average molecular weight is 271 g/mol. The third-order valence-corrected chi connectivity index (χ3v) is 2.85. The van der Waals surface area contributed by atoms with Crippen LogP contribution in [0.25, 0.3) is 0 Å². The van der Waals surface area contributed by atoms with Crippen LogP contribution >= 0.6 is 0 Å². The van der Waals surface area contributed by atoms with Crippen LogP contribution in [0, 0.1) is 11.6 Å². The van der Waals surface area contributed by atoms with Crippen LogP contribution in [0.2, 0.25) is 0 Å². The van der Waals surface area contributed by atoms with Gasteiger partial charge in [0.2, 0.25) is 0 Å². The molecule has 0 radical (unpaired) electrons. The van der Waals surface area contributed by atoms with Gasteiger partial charge in [0.25, 0.3) is 5.91 Å². The molecule has 0 bridgehead atoms. The molecule has 0 aliphatic carbocycles. The predicted molar refractivity (Wildman–Crippen MR) is 64.8 cm³/mol. The summed E-state index contributed by atoms with van der Waals surface area (Å²) in [5, 5.41) is 8.79. The molecule has 1 amide bonds. The van der Waals surface area contributed by atoms with E-state index in [2.05, 4.69) is 0 Å². The van der Waals surface area contributed by atoms with Crippen LogP contribution in [0.15, 0.2) is 18.2 Å². The van der Waals surface area contributed by atoms with Crippen molar-refractivity contribution >= 4 is 11.9 Å². The van der Waals surface area contributed by atoms with Crippen LogP contribution < -0.4 is 0 Å². The fourth-order valence-corrected chi connectivity index (χ4v) is 1.61. The summed E-state index contributed by atoms with van der Waals surface area (Å²) in [7, 11) is 0. The lowest BCUT2D eigenvalue weighted by Crippen LogP contribution is -2.42. The van der Waals surface area contributed by atoms with E-state index in [1.807, 2.05) is 0 Å². The number of benzene rings is 1. The second-order valence-electron chi connectivity index (χ2n) is 4.21. The Morgan fingerprint density at radius 2 is 2.00 bits per heavy atom. The minimum Gasteiger partial charge on any atom is -0.480 e. The van der Waals surface area contributed by atoms with E-state index in [1.165, 1.54) is 0 Å². The highest BCUT2D eigenvalue weighted by Gasteiger charge is 2.25. The summed E-state index contributed by atoms with van der Waals surface area (Å²) in [6, 6.07) is 2.13. The molecule has 0 aliphatic heterocycles. The first-order chi connectivity index (χ1) is 8.86. The van der Waals surface area contributed by atoms with Crippen molar-refractivity contribution in [3.63, 3.8) is 0 Å². The molecule has 4 nitrogen and oxygen atoms in total. The summed E-state index contributed by atoms with van der Waals surface area (Å²) < 4.78 is 26.6. The molecular formula is C13H15F2NO3. The van der Waals surface area contributed by atoms with Crippen LogP contribution in [0.5, 0.6) is 0 Å². The van der Waals surface area contributed by atoms with Crippen LogP contribution in [0.4, 0.5) is 8.78 Å². The molecule has 0 heterocycles. The first kappa shape index (κ1) is 15.1. The summed E-state index contributed by atoms with van der Waals surface area (Å²) in [5.74, 6) is -3.64. The van der Waals surface area contributed by atoms with Gasteiger partial charge in [0, 0.05) is 6.04 Å². The van der Waals surface area contributed by atoms with E-state index in [-0.39, 0.29) is 6.04 Å². The number of rotatable bonds is 5. The number of hydrogen-bond donors (Lipinski definition) is 1. The van der Waals surface area contributed by atoms with Crippen molar-refractivity contribution in [3.8, 4) is 0 Å². The fraction of sp³-hybridized carbons (Fsp3) is 0.385. The number of hydrogen-bond acceptors (Lipinski definition) is 2. The molecule has 1 unspecified atom stereocenters. The number of aliphatic carboxylic acids is 1. The Balaban J connectivity index is 3.11. The number of amides is 1. The van der Waals surface area contributed by atoms with E-state index in [0.717, 1.165) is 23.1 Å². The molecule has 0 spiro atoms. The zero-order chi connectivity index (χ0) is 14.6. The number of carboxylic acids is 1. The second-order valence-corrected chi connectivity index (χ2v) is 4.21. The van der Waals surface area contributed by atoms with Gasteiger partial charge in [-0.3, -0.25) is 9.59 Å². The van der Waals surface area contributed by atoms with Gasteiger partial charge < -0.3 is 10.0 Å². The summed E-state index contributed by atoms with van der Waals surface area (Å²) in [5.41, 5.74) is -0.457. The Morgan fingerprint density at radius 1 is 1.37 bits per heavy atom. The zero-order valence-corrected chi connectivity index (χ0v) is 10.7. The molecular weight excluding hydrogens is 256 g/mol. The van der Waals surface area contributed by atoms with Gasteiger partial charge in [-0.1, -0.05) is 6.92 Å². The van der Waals surface area contributed by atoms with Gasteiger partial charge in [0.15, 0.2) is 0 Å². The first-order valence-corrected chi connectivity index (χ1v) is 5.84. The van der Waals surface area contributed by atoms with Gasteiger partial charge in [-0.15, -0.1) is 0 Å². The highest BCUT2D eigenvalue weighted by Crippen LogP contribution is 2.15. The molecule has 0 fully saturated rings. The monoisotopic (exact) mass is 271 g/mol. The van der Waals surface area contributed by atoms with Gasteiger partial charge in [-0.2, -0.15) is 0 Å². The lowest BCUT2D eigenvalue weighted by molar-refractivity contribution is -0.138. The molecule has 0 aliphatic rings. The molecule has 104 valence electrons. The number of nitrogens with zero attached hydrogens (tertiary/aromatic N) is 1. The Bertz CT molecular complexity index is 491. The summed E-state index contributed by atoms with van der Waals surface area (Å²) in [6.45, 7) is 2.87. The van der Waals surface area contributed by atoms with E-state index in [4.69, 9.17) is 5.11 Å². The Kier molecular flexibility index (Phi) is 4.97. The van der Waals surface area contributed by atoms with Crippen LogP contribution in [-0.2, 0) is 4.79 Å². The lowest BCUT2D eigenvalue weighted by Gasteiger charge is -2.27. The standard InChI is InChI=1S/C13H15F2NO3/c1-3-8(2)16(7-12(17)18)13(19)10-6-9(14)4-5-11(10)15/h4-6,8H,3,7H2,1-2H3,(H,17,18). The molecule has 1 aromatic rings. The van der Waals surface area contributed by atoms with Crippen molar-refractivity contribution in [1.29, 1.82) is 0 Å².